The predicted octanol–water partition coefficient (Wildman–Crippen LogP) is 4.66. The first-order valence-corrected chi connectivity index (χ1v) is 12.1. The Morgan fingerprint density at radius 1 is 1.00 bits per heavy atom. The Morgan fingerprint density at radius 2 is 1.87 bits per heavy atom. The number of hydrogen-bond donors (Lipinski definition) is 1. The second kappa shape index (κ2) is 8.22. The van der Waals surface area contributed by atoms with Crippen molar-refractivity contribution in [1.82, 2.24) is 19.9 Å². The number of likely N-dealkylation sites (tertiary alicyclic amines) is 1. The van der Waals surface area contributed by atoms with Crippen LogP contribution < -0.4 is 4.90 Å². The Hall–Kier alpha value is -2.48. The van der Waals surface area contributed by atoms with Crippen molar-refractivity contribution in [2.75, 3.05) is 44.3 Å². The number of nitrogens with one attached hydrogen (secondary N) is 1. The van der Waals surface area contributed by atoms with E-state index >= 15 is 0 Å². The third-order valence-electron chi connectivity index (χ3n) is 6.38. The number of aromatic nitrogens is 3. The summed E-state index contributed by atoms with van der Waals surface area (Å²) in [6.07, 6.45) is 5.98. The summed E-state index contributed by atoms with van der Waals surface area (Å²) in [6, 6.07) is 10.7. The summed E-state index contributed by atoms with van der Waals surface area (Å²) in [5.41, 5.74) is 3.26. The molecule has 1 N–H and O–H groups in total. The molecule has 7 heteroatoms. The van der Waals surface area contributed by atoms with Crippen LogP contribution in [0.15, 0.2) is 36.5 Å². The molecule has 6 rings (SSSR count). The van der Waals surface area contributed by atoms with Crippen molar-refractivity contribution in [3.63, 3.8) is 0 Å². The van der Waals surface area contributed by atoms with Crippen molar-refractivity contribution in [3.8, 4) is 11.4 Å². The van der Waals surface area contributed by atoms with Crippen LogP contribution in [0.5, 0.6) is 0 Å². The number of hydrogen-bond acceptors (Lipinski definition) is 6. The molecular weight excluding hydrogens is 406 g/mol. The van der Waals surface area contributed by atoms with E-state index in [0.29, 0.717) is 0 Å². The van der Waals surface area contributed by atoms with Gasteiger partial charge in [-0.15, -0.1) is 11.3 Å². The molecular formula is C24H27N5OS. The van der Waals surface area contributed by atoms with E-state index in [1.54, 1.807) is 0 Å². The third kappa shape index (κ3) is 3.71. The fourth-order valence-corrected chi connectivity index (χ4v) is 5.93. The molecule has 0 bridgehead atoms. The molecule has 2 aliphatic rings. The molecule has 0 saturated carbocycles. The van der Waals surface area contributed by atoms with Crippen LogP contribution in [0.25, 0.3) is 32.5 Å². The van der Waals surface area contributed by atoms with Gasteiger partial charge in [-0.1, -0.05) is 18.6 Å². The fraction of sp³-hybridized carbons (Fsp3) is 0.417. The van der Waals surface area contributed by atoms with Crippen LogP contribution in [0.2, 0.25) is 0 Å². The van der Waals surface area contributed by atoms with Crippen LogP contribution in [0.1, 0.15) is 24.1 Å². The van der Waals surface area contributed by atoms with E-state index in [2.05, 4.69) is 45.1 Å². The molecule has 2 fully saturated rings. The topological polar surface area (TPSA) is 57.3 Å². The molecule has 0 spiro atoms. The van der Waals surface area contributed by atoms with Crippen molar-refractivity contribution in [2.24, 2.45) is 0 Å². The number of morpholine rings is 1. The van der Waals surface area contributed by atoms with Gasteiger partial charge >= 0.3 is 0 Å². The summed E-state index contributed by atoms with van der Waals surface area (Å²) in [7, 11) is 0. The molecule has 31 heavy (non-hydrogen) atoms. The Labute approximate surface area is 185 Å². The summed E-state index contributed by atoms with van der Waals surface area (Å²) in [5.74, 6) is 1.87. The van der Waals surface area contributed by atoms with E-state index in [0.717, 1.165) is 61.1 Å². The van der Waals surface area contributed by atoms with Crippen LogP contribution >= 0.6 is 11.3 Å². The zero-order valence-corrected chi connectivity index (χ0v) is 18.5. The highest BCUT2D eigenvalue weighted by molar-refractivity contribution is 7.19. The average molecular weight is 434 g/mol. The zero-order valence-electron chi connectivity index (χ0n) is 17.6. The lowest BCUT2D eigenvalue weighted by Gasteiger charge is -2.28. The molecule has 0 unspecified atom stereocenters. The molecule has 1 aromatic carbocycles. The Balaban J connectivity index is 1.46. The van der Waals surface area contributed by atoms with Crippen molar-refractivity contribution < 1.29 is 4.74 Å². The number of benzene rings is 1. The maximum Gasteiger partial charge on any atom is 0.162 e. The number of H-pyrrole nitrogens is 1. The number of rotatable bonds is 4. The highest BCUT2D eigenvalue weighted by Gasteiger charge is 2.21. The standard InChI is InChI=1S/C24H27N5OS/c1-2-9-28(10-3-1)16-17-15-21-22(31-17)24(29-11-13-30-14-12-29)27-23(26-21)19-5-4-6-20-18(19)7-8-25-20/h4-8,15,25H,1-3,9-14,16H2. The second-order valence-electron chi connectivity index (χ2n) is 8.48. The van der Waals surface area contributed by atoms with Gasteiger partial charge in [-0.05, 0) is 44.1 Å². The largest absolute Gasteiger partial charge is 0.378 e. The van der Waals surface area contributed by atoms with Crippen LogP contribution in [0.3, 0.4) is 0 Å². The first kappa shape index (κ1) is 19.2. The molecule has 0 aliphatic carbocycles. The number of ether oxygens (including phenoxy) is 1. The highest BCUT2D eigenvalue weighted by Crippen LogP contribution is 2.36. The van der Waals surface area contributed by atoms with E-state index in [-0.39, 0.29) is 0 Å². The number of anilines is 1. The lowest BCUT2D eigenvalue weighted by Crippen LogP contribution is -2.36. The number of thiophene rings is 1. The van der Waals surface area contributed by atoms with Gasteiger partial charge in [0.15, 0.2) is 11.6 Å². The normalized spacial score (nSPS) is 18.3. The number of aromatic amines is 1. The quantitative estimate of drug-likeness (QED) is 0.507. The monoisotopic (exact) mass is 433 g/mol. The predicted molar refractivity (Wildman–Crippen MR) is 127 cm³/mol. The van der Waals surface area contributed by atoms with Gasteiger partial charge in [0.1, 0.15) is 0 Å². The summed E-state index contributed by atoms with van der Waals surface area (Å²) < 4.78 is 6.82. The summed E-state index contributed by atoms with van der Waals surface area (Å²) in [4.78, 5) is 19.8. The van der Waals surface area contributed by atoms with Gasteiger partial charge in [-0.25, -0.2) is 9.97 Å². The molecule has 6 nitrogen and oxygen atoms in total. The van der Waals surface area contributed by atoms with Gasteiger partial charge in [0.05, 0.1) is 23.4 Å². The second-order valence-corrected chi connectivity index (χ2v) is 9.62. The maximum atomic E-state index is 5.61. The number of piperidine rings is 1. The molecule has 4 aromatic rings. The molecule has 5 heterocycles. The summed E-state index contributed by atoms with van der Waals surface area (Å²) in [5, 5.41) is 1.17. The summed E-state index contributed by atoms with van der Waals surface area (Å²) >= 11 is 1.87. The van der Waals surface area contributed by atoms with Crippen LogP contribution in [-0.2, 0) is 11.3 Å². The third-order valence-corrected chi connectivity index (χ3v) is 7.48. The molecule has 0 radical (unpaired) electrons. The van der Waals surface area contributed by atoms with Crippen LogP contribution in [0, 0.1) is 0 Å². The van der Waals surface area contributed by atoms with E-state index in [1.165, 1.54) is 47.3 Å². The van der Waals surface area contributed by atoms with Gasteiger partial charge in [0.2, 0.25) is 0 Å². The lowest BCUT2D eigenvalue weighted by molar-refractivity contribution is 0.122. The molecule has 160 valence electrons. The SMILES string of the molecule is c1cc(-c2nc(N3CCOCC3)c3sc(CN4CCCCC4)cc3n2)c2cc[nH]c2c1. The molecule has 3 aromatic heterocycles. The van der Waals surface area contributed by atoms with E-state index < -0.39 is 0 Å². The van der Waals surface area contributed by atoms with Crippen molar-refractivity contribution in [1.29, 1.82) is 0 Å². The van der Waals surface area contributed by atoms with Gasteiger partial charge in [-0.3, -0.25) is 4.90 Å². The first-order chi connectivity index (χ1) is 15.3. The highest BCUT2D eigenvalue weighted by atomic mass is 32.1. The Kier molecular flexibility index (Phi) is 5.10. The first-order valence-electron chi connectivity index (χ1n) is 11.3. The van der Waals surface area contributed by atoms with Gasteiger partial charge < -0.3 is 14.6 Å². The fourth-order valence-electron chi connectivity index (χ4n) is 4.77. The van der Waals surface area contributed by atoms with Crippen molar-refractivity contribution in [2.45, 2.75) is 25.8 Å². The minimum absolute atomic E-state index is 0.750. The molecule has 2 saturated heterocycles. The zero-order chi connectivity index (χ0) is 20.6. The summed E-state index contributed by atoms with van der Waals surface area (Å²) in [6.45, 7) is 6.68. The van der Waals surface area contributed by atoms with E-state index in [9.17, 15) is 0 Å². The minimum atomic E-state index is 0.750. The minimum Gasteiger partial charge on any atom is -0.378 e. The molecule has 2 aliphatic heterocycles. The average Bonchev–Trinajstić information content (AvgIpc) is 3.46. The van der Waals surface area contributed by atoms with Crippen molar-refractivity contribution in [3.05, 3.63) is 41.4 Å². The lowest BCUT2D eigenvalue weighted by atomic mass is 10.1. The van der Waals surface area contributed by atoms with Gasteiger partial charge in [-0.2, -0.15) is 0 Å². The van der Waals surface area contributed by atoms with E-state index in [4.69, 9.17) is 14.7 Å². The Morgan fingerprint density at radius 3 is 2.74 bits per heavy atom. The number of nitrogens with zero attached hydrogens (tertiary/aromatic N) is 4. The van der Waals surface area contributed by atoms with Crippen LogP contribution in [-0.4, -0.2) is 59.2 Å². The number of fused-ring (bicyclic) bond motifs is 2. The van der Waals surface area contributed by atoms with Crippen molar-refractivity contribution >= 4 is 38.3 Å². The molecule has 0 amide bonds. The maximum absolute atomic E-state index is 5.61. The molecule has 0 atom stereocenters. The van der Waals surface area contributed by atoms with Crippen LogP contribution in [0.4, 0.5) is 5.82 Å². The smallest absolute Gasteiger partial charge is 0.162 e. The van der Waals surface area contributed by atoms with Gasteiger partial charge in [0.25, 0.3) is 0 Å². The Bertz CT molecular complexity index is 1200. The van der Waals surface area contributed by atoms with E-state index in [1.807, 2.05) is 17.5 Å². The van der Waals surface area contributed by atoms with Gasteiger partial charge in [0, 0.05) is 47.2 Å².